The molecule has 0 saturated carbocycles. The molecule has 0 aliphatic rings. The lowest BCUT2D eigenvalue weighted by Gasteiger charge is -2.01. The van der Waals surface area contributed by atoms with E-state index >= 15 is 0 Å². The standard InChI is InChI=1S/C9H12N3O/c1-11(2)6-5-9(13)8-4-7-12(3)10-8/h4-6H,1-3H3. The molecule has 0 atom stereocenters. The number of aromatic nitrogens is 2. The van der Waals surface area contributed by atoms with E-state index in [1.165, 1.54) is 10.8 Å². The van der Waals surface area contributed by atoms with Gasteiger partial charge in [-0.1, -0.05) is 0 Å². The van der Waals surface area contributed by atoms with E-state index in [4.69, 9.17) is 0 Å². The topological polar surface area (TPSA) is 38.1 Å². The first-order valence-corrected chi connectivity index (χ1v) is 3.90. The van der Waals surface area contributed by atoms with Crippen molar-refractivity contribution in [3.8, 4) is 0 Å². The second kappa shape index (κ2) is 3.89. The molecule has 1 radical (unpaired) electrons. The number of hydrogen-bond acceptors (Lipinski definition) is 3. The fraction of sp³-hybridized carbons (Fsp3) is 0.333. The first-order valence-electron chi connectivity index (χ1n) is 3.90. The van der Waals surface area contributed by atoms with Crippen LogP contribution in [0, 0.1) is 6.20 Å². The summed E-state index contributed by atoms with van der Waals surface area (Å²) in [7, 11) is 5.44. The smallest absolute Gasteiger partial charge is 0.207 e. The molecule has 4 nitrogen and oxygen atoms in total. The lowest BCUT2D eigenvalue weighted by Crippen LogP contribution is -2.03. The Balaban J connectivity index is 2.69. The van der Waals surface area contributed by atoms with Gasteiger partial charge in [0.25, 0.3) is 0 Å². The Morgan fingerprint density at radius 1 is 1.69 bits per heavy atom. The van der Waals surface area contributed by atoms with Gasteiger partial charge in [-0.2, -0.15) is 5.10 Å². The fourth-order valence-electron chi connectivity index (χ4n) is 0.796. The highest BCUT2D eigenvalue weighted by Crippen LogP contribution is 1.96. The molecule has 0 aliphatic heterocycles. The van der Waals surface area contributed by atoms with Gasteiger partial charge in [-0.25, -0.2) is 0 Å². The summed E-state index contributed by atoms with van der Waals surface area (Å²) >= 11 is 0. The van der Waals surface area contributed by atoms with E-state index in [1.54, 1.807) is 24.2 Å². The van der Waals surface area contributed by atoms with Gasteiger partial charge >= 0.3 is 0 Å². The zero-order valence-corrected chi connectivity index (χ0v) is 7.98. The molecule has 13 heavy (non-hydrogen) atoms. The van der Waals surface area contributed by atoms with Gasteiger partial charge in [0, 0.05) is 33.4 Å². The summed E-state index contributed by atoms with van der Waals surface area (Å²) in [6.45, 7) is 0. The lowest BCUT2D eigenvalue weighted by atomic mass is 10.3. The Labute approximate surface area is 77.5 Å². The van der Waals surface area contributed by atoms with Crippen LogP contribution in [0.3, 0.4) is 0 Å². The van der Waals surface area contributed by atoms with Crippen LogP contribution in [0.2, 0.25) is 0 Å². The molecule has 0 unspecified atom stereocenters. The fourth-order valence-corrected chi connectivity index (χ4v) is 0.796. The van der Waals surface area contributed by atoms with Crippen molar-refractivity contribution < 1.29 is 4.79 Å². The Hall–Kier alpha value is -1.58. The van der Waals surface area contributed by atoms with Gasteiger partial charge in [-0.15, -0.1) is 0 Å². The van der Waals surface area contributed by atoms with Gasteiger partial charge in [0.15, 0.2) is 0 Å². The molecule has 0 fully saturated rings. The van der Waals surface area contributed by atoms with E-state index < -0.39 is 0 Å². The predicted octanol–water partition coefficient (Wildman–Crippen LogP) is 0.478. The van der Waals surface area contributed by atoms with E-state index in [9.17, 15) is 4.79 Å². The zero-order valence-electron chi connectivity index (χ0n) is 7.98. The van der Waals surface area contributed by atoms with Crippen molar-refractivity contribution >= 4 is 5.78 Å². The van der Waals surface area contributed by atoms with Crippen LogP contribution in [-0.4, -0.2) is 34.6 Å². The van der Waals surface area contributed by atoms with Gasteiger partial charge in [0.05, 0.1) is 6.20 Å². The predicted molar refractivity (Wildman–Crippen MR) is 49.2 cm³/mol. The van der Waals surface area contributed by atoms with Crippen LogP contribution in [-0.2, 0) is 7.05 Å². The summed E-state index contributed by atoms with van der Waals surface area (Å²) in [6.07, 6.45) is 5.95. The molecule has 0 bridgehead atoms. The first-order chi connectivity index (χ1) is 6.09. The van der Waals surface area contributed by atoms with E-state index in [0.717, 1.165) is 0 Å². The largest absolute Gasteiger partial charge is 0.383 e. The Kier molecular flexibility index (Phi) is 2.84. The molecule has 1 heterocycles. The molecule has 0 N–H and O–H groups in total. The monoisotopic (exact) mass is 178 g/mol. The number of carbonyl (C=O) groups is 1. The Morgan fingerprint density at radius 2 is 2.38 bits per heavy atom. The van der Waals surface area contributed by atoms with Gasteiger partial charge < -0.3 is 4.90 Å². The third-order valence-electron chi connectivity index (χ3n) is 1.42. The molecule has 0 saturated heterocycles. The number of carbonyl (C=O) groups excluding carboxylic acids is 1. The van der Waals surface area contributed by atoms with Crippen molar-refractivity contribution in [1.29, 1.82) is 0 Å². The van der Waals surface area contributed by atoms with Crippen LogP contribution in [0.15, 0.2) is 18.3 Å². The van der Waals surface area contributed by atoms with Crippen molar-refractivity contribution in [1.82, 2.24) is 14.7 Å². The number of hydrogen-bond donors (Lipinski definition) is 0. The number of nitrogens with zero attached hydrogens (tertiary/aromatic N) is 3. The van der Waals surface area contributed by atoms with Crippen molar-refractivity contribution in [3.05, 3.63) is 30.2 Å². The van der Waals surface area contributed by atoms with Gasteiger partial charge in [0.2, 0.25) is 5.78 Å². The SMILES string of the molecule is CN(C)C=CC(=O)c1c[c]n(C)n1. The molecule has 1 aromatic heterocycles. The van der Waals surface area contributed by atoms with Crippen LogP contribution >= 0.6 is 0 Å². The molecule has 1 rings (SSSR count). The highest BCUT2D eigenvalue weighted by molar-refractivity contribution is 6.02. The van der Waals surface area contributed by atoms with E-state index in [-0.39, 0.29) is 5.78 Å². The molecular weight excluding hydrogens is 166 g/mol. The minimum atomic E-state index is -0.106. The maximum absolute atomic E-state index is 11.4. The van der Waals surface area contributed by atoms with Crippen LogP contribution in [0.5, 0.6) is 0 Å². The number of ketones is 1. The quantitative estimate of drug-likeness (QED) is 0.499. The number of rotatable bonds is 3. The molecule has 4 heteroatoms. The summed E-state index contributed by atoms with van der Waals surface area (Å²) in [6, 6.07) is 1.57. The average Bonchev–Trinajstić information content (AvgIpc) is 2.47. The van der Waals surface area contributed by atoms with Crippen LogP contribution in [0.4, 0.5) is 0 Å². The maximum atomic E-state index is 11.4. The third kappa shape index (κ3) is 2.74. The third-order valence-corrected chi connectivity index (χ3v) is 1.42. The maximum Gasteiger partial charge on any atom is 0.207 e. The summed E-state index contributed by atoms with van der Waals surface area (Å²) in [5.74, 6) is -0.106. The van der Waals surface area contributed by atoms with Gasteiger partial charge in [-0.3, -0.25) is 9.48 Å². The van der Waals surface area contributed by atoms with E-state index in [0.29, 0.717) is 5.69 Å². The highest BCUT2D eigenvalue weighted by Gasteiger charge is 2.04. The van der Waals surface area contributed by atoms with Crippen molar-refractivity contribution in [2.45, 2.75) is 0 Å². The molecule has 0 amide bonds. The molecule has 0 aromatic carbocycles. The molecule has 0 aliphatic carbocycles. The first kappa shape index (κ1) is 9.51. The van der Waals surface area contributed by atoms with Crippen molar-refractivity contribution in [2.24, 2.45) is 7.05 Å². The lowest BCUT2D eigenvalue weighted by molar-refractivity contribution is 0.104. The summed E-state index contributed by atoms with van der Waals surface area (Å²) in [5, 5.41) is 3.93. The Morgan fingerprint density at radius 3 is 2.85 bits per heavy atom. The number of allylic oxidation sites excluding steroid dienone is 1. The van der Waals surface area contributed by atoms with Crippen LogP contribution in [0.1, 0.15) is 10.5 Å². The molecule has 69 valence electrons. The minimum Gasteiger partial charge on any atom is -0.383 e. The van der Waals surface area contributed by atoms with E-state index in [1.807, 2.05) is 14.1 Å². The normalized spacial score (nSPS) is 10.7. The van der Waals surface area contributed by atoms with Gasteiger partial charge in [0.1, 0.15) is 5.69 Å². The van der Waals surface area contributed by atoms with Crippen molar-refractivity contribution in [2.75, 3.05) is 14.1 Å². The molecule has 1 aromatic rings. The summed E-state index contributed by atoms with van der Waals surface area (Å²) in [4.78, 5) is 13.1. The molecule has 0 spiro atoms. The molecular formula is C9H12N3O. The summed E-state index contributed by atoms with van der Waals surface area (Å²) in [5.41, 5.74) is 0.417. The second-order valence-electron chi connectivity index (χ2n) is 2.93. The zero-order chi connectivity index (χ0) is 9.84. The highest BCUT2D eigenvalue weighted by atomic mass is 16.1. The van der Waals surface area contributed by atoms with E-state index in [2.05, 4.69) is 11.3 Å². The number of aryl methyl sites for hydroxylation is 1. The Bertz CT molecular complexity index is 325. The van der Waals surface area contributed by atoms with Gasteiger partial charge in [-0.05, 0) is 6.07 Å². The second-order valence-corrected chi connectivity index (χ2v) is 2.93. The average molecular weight is 178 g/mol. The van der Waals surface area contributed by atoms with Crippen LogP contribution in [0.25, 0.3) is 0 Å². The van der Waals surface area contributed by atoms with Crippen LogP contribution < -0.4 is 0 Å². The van der Waals surface area contributed by atoms with Crippen molar-refractivity contribution in [3.63, 3.8) is 0 Å². The minimum absolute atomic E-state index is 0.106. The summed E-state index contributed by atoms with van der Waals surface area (Å²) < 4.78 is 1.48.